The predicted molar refractivity (Wildman–Crippen MR) is 104 cm³/mol. The molecule has 0 saturated carbocycles. The smallest absolute Gasteiger partial charge is 0.214 e. The lowest BCUT2D eigenvalue weighted by Gasteiger charge is -2.15. The first-order valence-electron chi connectivity index (χ1n) is 8.10. The van der Waals surface area contributed by atoms with Crippen LogP contribution in [0.15, 0.2) is 36.4 Å². The van der Waals surface area contributed by atoms with Crippen LogP contribution in [0.2, 0.25) is 5.02 Å². The van der Waals surface area contributed by atoms with Gasteiger partial charge in [-0.3, -0.25) is 5.10 Å². The molecule has 3 aromatic rings. The van der Waals surface area contributed by atoms with E-state index in [2.05, 4.69) is 15.6 Å². The van der Waals surface area contributed by atoms with Crippen molar-refractivity contribution in [2.75, 3.05) is 12.5 Å². The molecule has 0 bridgehead atoms. The number of nitrogens with zero attached hydrogens (tertiary/aromatic N) is 2. The molecule has 0 aliphatic carbocycles. The van der Waals surface area contributed by atoms with Crippen molar-refractivity contribution >= 4 is 23.8 Å². The van der Waals surface area contributed by atoms with Gasteiger partial charge in [-0.15, -0.1) is 0 Å². The monoisotopic (exact) mass is 408 g/mol. The molecule has 1 heterocycles. The molecule has 0 aliphatic rings. The Hall–Kier alpha value is -2.58. The SMILES string of the molecule is COc1cc(CNn2c(C)n[nH]c2=S)c(Cl)cc1OCc1ccccc1F. The zero-order valence-electron chi connectivity index (χ0n) is 14.8. The van der Waals surface area contributed by atoms with E-state index in [0.717, 1.165) is 5.56 Å². The van der Waals surface area contributed by atoms with Gasteiger partial charge in [0.15, 0.2) is 11.5 Å². The highest BCUT2D eigenvalue weighted by molar-refractivity contribution is 7.71. The molecule has 0 unspecified atom stereocenters. The van der Waals surface area contributed by atoms with Crippen LogP contribution in [0.4, 0.5) is 4.39 Å². The van der Waals surface area contributed by atoms with Crippen molar-refractivity contribution in [2.24, 2.45) is 0 Å². The van der Waals surface area contributed by atoms with Crippen molar-refractivity contribution in [3.63, 3.8) is 0 Å². The fourth-order valence-electron chi connectivity index (χ4n) is 2.48. The van der Waals surface area contributed by atoms with Crippen LogP contribution in [0, 0.1) is 17.5 Å². The minimum absolute atomic E-state index is 0.0698. The molecule has 1 aromatic heterocycles. The van der Waals surface area contributed by atoms with Gasteiger partial charge in [0.1, 0.15) is 18.2 Å². The number of H-pyrrole nitrogens is 1. The summed E-state index contributed by atoms with van der Waals surface area (Å²) in [4.78, 5) is 0. The van der Waals surface area contributed by atoms with Crippen LogP contribution in [0.5, 0.6) is 11.5 Å². The van der Waals surface area contributed by atoms with E-state index in [1.807, 2.05) is 6.92 Å². The number of aromatic amines is 1. The standard InChI is InChI=1S/C18H18ClFN4O2S/c1-11-22-23-18(27)24(11)21-9-13-7-16(25-2)17(8-14(13)19)26-10-12-5-3-4-6-15(12)20/h3-8,21H,9-10H2,1-2H3,(H,23,27). The highest BCUT2D eigenvalue weighted by Gasteiger charge is 2.12. The van der Waals surface area contributed by atoms with Crippen LogP contribution in [0.3, 0.4) is 0 Å². The number of benzene rings is 2. The maximum absolute atomic E-state index is 13.8. The molecule has 9 heteroatoms. The Balaban J connectivity index is 1.76. The number of ether oxygens (including phenoxy) is 2. The summed E-state index contributed by atoms with van der Waals surface area (Å²) >= 11 is 11.5. The molecule has 0 amide bonds. The van der Waals surface area contributed by atoms with Gasteiger partial charge in [-0.05, 0) is 36.8 Å². The summed E-state index contributed by atoms with van der Waals surface area (Å²) in [6.07, 6.45) is 0. The first kappa shape index (κ1) is 19.2. The number of aromatic nitrogens is 3. The maximum atomic E-state index is 13.8. The van der Waals surface area contributed by atoms with Crippen LogP contribution >= 0.6 is 23.8 Å². The van der Waals surface area contributed by atoms with E-state index >= 15 is 0 Å². The lowest BCUT2D eigenvalue weighted by atomic mass is 10.2. The molecule has 6 nitrogen and oxygen atoms in total. The predicted octanol–water partition coefficient (Wildman–Crippen LogP) is 4.37. The number of hydrogen-bond donors (Lipinski definition) is 2. The number of hydrogen-bond acceptors (Lipinski definition) is 5. The number of halogens is 2. The summed E-state index contributed by atoms with van der Waals surface area (Å²) < 4.78 is 27.0. The Morgan fingerprint density at radius 3 is 2.70 bits per heavy atom. The molecule has 0 atom stereocenters. The fraction of sp³-hybridized carbons (Fsp3) is 0.222. The van der Waals surface area contributed by atoms with E-state index in [9.17, 15) is 4.39 Å². The normalized spacial score (nSPS) is 10.7. The molecule has 0 aliphatic heterocycles. The first-order chi connectivity index (χ1) is 13.0. The van der Waals surface area contributed by atoms with Gasteiger partial charge in [-0.25, -0.2) is 9.07 Å². The lowest BCUT2D eigenvalue weighted by molar-refractivity contribution is 0.279. The molecule has 27 heavy (non-hydrogen) atoms. The van der Waals surface area contributed by atoms with Gasteiger partial charge >= 0.3 is 0 Å². The van der Waals surface area contributed by atoms with Gasteiger partial charge in [-0.1, -0.05) is 29.8 Å². The largest absolute Gasteiger partial charge is 0.493 e. The van der Waals surface area contributed by atoms with Gasteiger partial charge in [0.2, 0.25) is 4.77 Å². The van der Waals surface area contributed by atoms with Crippen LogP contribution in [0.1, 0.15) is 17.0 Å². The third kappa shape index (κ3) is 4.40. The molecule has 2 aromatic carbocycles. The number of rotatable bonds is 7. The maximum Gasteiger partial charge on any atom is 0.214 e. The third-order valence-electron chi connectivity index (χ3n) is 3.94. The van der Waals surface area contributed by atoms with Crippen LogP contribution in [-0.4, -0.2) is 22.0 Å². The minimum atomic E-state index is -0.324. The van der Waals surface area contributed by atoms with Crippen molar-refractivity contribution in [1.82, 2.24) is 14.9 Å². The highest BCUT2D eigenvalue weighted by atomic mass is 35.5. The van der Waals surface area contributed by atoms with Crippen molar-refractivity contribution in [2.45, 2.75) is 20.1 Å². The summed E-state index contributed by atoms with van der Waals surface area (Å²) in [5.41, 5.74) is 4.38. The second kappa shape index (κ2) is 8.41. The average Bonchev–Trinajstić information content (AvgIpc) is 2.98. The Morgan fingerprint density at radius 1 is 1.26 bits per heavy atom. The van der Waals surface area contributed by atoms with Crippen molar-refractivity contribution in [3.8, 4) is 11.5 Å². The van der Waals surface area contributed by atoms with E-state index < -0.39 is 0 Å². The fourth-order valence-corrected chi connectivity index (χ4v) is 2.94. The third-order valence-corrected chi connectivity index (χ3v) is 4.57. The minimum Gasteiger partial charge on any atom is -0.493 e. The summed E-state index contributed by atoms with van der Waals surface area (Å²) in [6.45, 7) is 2.29. The summed E-state index contributed by atoms with van der Waals surface area (Å²) in [7, 11) is 1.53. The van der Waals surface area contributed by atoms with Gasteiger partial charge in [0, 0.05) is 16.7 Å². The topological polar surface area (TPSA) is 64.1 Å². The van der Waals surface area contributed by atoms with E-state index in [4.69, 9.17) is 33.3 Å². The van der Waals surface area contributed by atoms with Crippen LogP contribution < -0.4 is 14.9 Å². The average molecular weight is 409 g/mol. The quantitative estimate of drug-likeness (QED) is 0.568. The molecular weight excluding hydrogens is 391 g/mol. The second-order valence-electron chi connectivity index (χ2n) is 5.72. The van der Waals surface area contributed by atoms with E-state index in [1.165, 1.54) is 13.2 Å². The molecule has 0 saturated heterocycles. The van der Waals surface area contributed by atoms with E-state index in [-0.39, 0.29) is 12.4 Å². The van der Waals surface area contributed by atoms with Crippen molar-refractivity contribution in [1.29, 1.82) is 0 Å². The van der Waals surface area contributed by atoms with Gasteiger partial charge in [0.05, 0.1) is 13.7 Å². The molecule has 0 fully saturated rings. The molecular formula is C18H18ClFN4O2S. The molecule has 0 spiro atoms. The van der Waals surface area contributed by atoms with Crippen LogP contribution in [0.25, 0.3) is 0 Å². The molecule has 0 radical (unpaired) electrons. The molecule has 2 N–H and O–H groups in total. The van der Waals surface area contributed by atoms with E-state index in [0.29, 0.717) is 39.2 Å². The second-order valence-corrected chi connectivity index (χ2v) is 6.51. The zero-order chi connectivity index (χ0) is 19.4. The van der Waals surface area contributed by atoms with E-state index in [1.54, 1.807) is 35.0 Å². The summed E-state index contributed by atoms with van der Waals surface area (Å²) in [5.74, 6) is 1.31. The Bertz CT molecular complexity index is 1010. The number of nitrogens with one attached hydrogen (secondary N) is 2. The van der Waals surface area contributed by atoms with Gasteiger partial charge < -0.3 is 14.9 Å². The number of aryl methyl sites for hydroxylation is 1. The lowest BCUT2D eigenvalue weighted by Crippen LogP contribution is -2.16. The number of methoxy groups -OCH3 is 1. The van der Waals surface area contributed by atoms with Crippen molar-refractivity contribution in [3.05, 3.63) is 69.0 Å². The van der Waals surface area contributed by atoms with Gasteiger partial charge in [-0.2, -0.15) is 5.10 Å². The molecule has 142 valence electrons. The van der Waals surface area contributed by atoms with Crippen LogP contribution in [-0.2, 0) is 13.2 Å². The Morgan fingerprint density at radius 2 is 2.04 bits per heavy atom. The zero-order valence-corrected chi connectivity index (χ0v) is 16.3. The Kier molecular flexibility index (Phi) is 5.98. The summed E-state index contributed by atoms with van der Waals surface area (Å²) in [6, 6.07) is 9.86. The highest BCUT2D eigenvalue weighted by Crippen LogP contribution is 2.34. The van der Waals surface area contributed by atoms with Gasteiger partial charge in [0.25, 0.3) is 0 Å². The Labute approximate surface area is 165 Å². The first-order valence-corrected chi connectivity index (χ1v) is 8.88. The summed E-state index contributed by atoms with van der Waals surface area (Å²) in [5, 5.41) is 7.22. The van der Waals surface area contributed by atoms with Crippen molar-refractivity contribution < 1.29 is 13.9 Å². The molecule has 3 rings (SSSR count).